The number of halogens is 1. The van der Waals surface area contributed by atoms with Gasteiger partial charge in [0.25, 0.3) is 0 Å². The number of amides is 1. The Balaban J connectivity index is 0.00000576. The first-order valence-electron chi connectivity index (χ1n) is 7.99. The van der Waals surface area contributed by atoms with Crippen LogP contribution in [0, 0.1) is 6.92 Å². The van der Waals surface area contributed by atoms with E-state index in [2.05, 4.69) is 22.2 Å². The highest BCUT2D eigenvalue weighted by Gasteiger charge is 2.08. The predicted octanol–water partition coefficient (Wildman–Crippen LogP) is 2.19. The van der Waals surface area contributed by atoms with Gasteiger partial charge in [-0.3, -0.25) is 4.79 Å². The first-order chi connectivity index (χ1) is 11.4. The fraction of sp³-hybridized carbons (Fsp3) is 0.444. The molecule has 1 unspecified atom stereocenters. The lowest BCUT2D eigenvalue weighted by molar-refractivity contribution is -0.127. The zero-order chi connectivity index (χ0) is 17.9. The van der Waals surface area contributed by atoms with Crippen LogP contribution in [0.1, 0.15) is 12.5 Å². The number of carbonyl (C=O) groups excluding carboxylic acids is 1. The summed E-state index contributed by atoms with van der Waals surface area (Å²) < 4.78 is 5.92. The molecule has 0 spiro atoms. The van der Waals surface area contributed by atoms with E-state index in [9.17, 15) is 4.79 Å². The first-order valence-corrected chi connectivity index (χ1v) is 7.99. The molecule has 2 N–H and O–H groups in total. The third-order valence-electron chi connectivity index (χ3n) is 3.26. The minimum absolute atomic E-state index is 0. The van der Waals surface area contributed by atoms with Crippen LogP contribution in [0.3, 0.4) is 0 Å². The van der Waals surface area contributed by atoms with E-state index in [1.807, 2.05) is 38.1 Å². The number of nitrogens with one attached hydrogen (secondary N) is 2. The highest BCUT2D eigenvalue weighted by atomic mass is 127. The van der Waals surface area contributed by atoms with Gasteiger partial charge in [0.05, 0.1) is 6.54 Å². The summed E-state index contributed by atoms with van der Waals surface area (Å²) in [4.78, 5) is 17.4. The molecular weight excluding hydrogens is 431 g/mol. The largest absolute Gasteiger partial charge is 0.489 e. The van der Waals surface area contributed by atoms with Crippen LogP contribution >= 0.6 is 24.0 Å². The van der Waals surface area contributed by atoms with Crippen LogP contribution in [0.2, 0.25) is 0 Å². The van der Waals surface area contributed by atoms with Gasteiger partial charge >= 0.3 is 0 Å². The smallest absolute Gasteiger partial charge is 0.243 e. The summed E-state index contributed by atoms with van der Waals surface area (Å²) in [7, 11) is 3.42. The molecule has 1 atom stereocenters. The van der Waals surface area contributed by atoms with Gasteiger partial charge in [-0.2, -0.15) is 0 Å². The van der Waals surface area contributed by atoms with Crippen molar-refractivity contribution in [3.8, 4) is 5.75 Å². The molecule has 25 heavy (non-hydrogen) atoms. The molecule has 0 radical (unpaired) electrons. The highest BCUT2D eigenvalue weighted by molar-refractivity contribution is 14.0. The molecule has 6 nitrogen and oxygen atoms in total. The number of aryl methyl sites for hydroxylation is 1. The Bertz CT molecular complexity index is 576. The topological polar surface area (TPSA) is 66.0 Å². The molecule has 1 aromatic carbocycles. The average molecular weight is 460 g/mol. The molecular formula is C18H29IN4O2. The normalized spacial score (nSPS) is 11.8. The van der Waals surface area contributed by atoms with E-state index < -0.39 is 0 Å². The lowest BCUT2D eigenvalue weighted by Gasteiger charge is -2.19. The number of benzene rings is 1. The molecule has 0 heterocycles. The number of guanidine groups is 1. The summed E-state index contributed by atoms with van der Waals surface area (Å²) in [5, 5.41) is 6.27. The summed E-state index contributed by atoms with van der Waals surface area (Å²) in [6.07, 6.45) is 1.68. The number of para-hydroxylation sites is 1. The molecule has 0 aliphatic heterocycles. The van der Waals surface area contributed by atoms with Crippen molar-refractivity contribution in [3.63, 3.8) is 0 Å². The van der Waals surface area contributed by atoms with Crippen LogP contribution in [0.5, 0.6) is 5.75 Å². The molecule has 0 saturated heterocycles. The SMILES string of the molecule is C=CCNC(=NCC(=O)N(C)C)NCC(C)Oc1ccccc1C.I. The van der Waals surface area contributed by atoms with Crippen molar-refractivity contribution in [3.05, 3.63) is 42.5 Å². The van der Waals surface area contributed by atoms with Crippen LogP contribution in [0.15, 0.2) is 41.9 Å². The monoisotopic (exact) mass is 460 g/mol. The maximum absolute atomic E-state index is 11.7. The molecule has 0 saturated carbocycles. The first kappa shape index (κ1) is 23.2. The van der Waals surface area contributed by atoms with E-state index in [0.29, 0.717) is 19.0 Å². The van der Waals surface area contributed by atoms with E-state index in [1.165, 1.54) is 4.90 Å². The second-order valence-corrected chi connectivity index (χ2v) is 5.70. The predicted molar refractivity (Wildman–Crippen MR) is 114 cm³/mol. The maximum Gasteiger partial charge on any atom is 0.243 e. The van der Waals surface area contributed by atoms with Crippen molar-refractivity contribution < 1.29 is 9.53 Å². The molecule has 1 amide bonds. The maximum atomic E-state index is 11.7. The van der Waals surface area contributed by atoms with E-state index in [1.54, 1.807) is 20.2 Å². The van der Waals surface area contributed by atoms with Gasteiger partial charge in [0.15, 0.2) is 5.96 Å². The van der Waals surface area contributed by atoms with Gasteiger partial charge in [0.2, 0.25) is 5.91 Å². The van der Waals surface area contributed by atoms with E-state index in [4.69, 9.17) is 4.74 Å². The molecule has 1 rings (SSSR count). The Morgan fingerprint density at radius 3 is 2.64 bits per heavy atom. The Labute approximate surface area is 167 Å². The minimum Gasteiger partial charge on any atom is -0.489 e. The van der Waals surface area contributed by atoms with Gasteiger partial charge in [0.1, 0.15) is 18.4 Å². The molecule has 0 aliphatic carbocycles. The summed E-state index contributed by atoms with van der Waals surface area (Å²) in [5.41, 5.74) is 1.10. The molecule has 0 fully saturated rings. The van der Waals surface area contributed by atoms with Gasteiger partial charge in [-0.05, 0) is 25.5 Å². The van der Waals surface area contributed by atoms with Gasteiger partial charge in [-0.25, -0.2) is 4.99 Å². The fourth-order valence-electron chi connectivity index (χ4n) is 1.82. The Hall–Kier alpha value is -1.77. The van der Waals surface area contributed by atoms with E-state index in [0.717, 1.165) is 11.3 Å². The second-order valence-electron chi connectivity index (χ2n) is 5.70. The van der Waals surface area contributed by atoms with Crippen LogP contribution in [0.4, 0.5) is 0 Å². The standard InChI is InChI=1S/C18H28N4O2.HI/c1-6-11-19-18(21-13-17(23)22(4)5)20-12-15(3)24-16-10-8-7-9-14(16)2;/h6-10,15H,1,11-13H2,2-5H3,(H2,19,20,21);1H. The summed E-state index contributed by atoms with van der Waals surface area (Å²) >= 11 is 0. The Morgan fingerprint density at radius 1 is 1.36 bits per heavy atom. The number of ether oxygens (including phenoxy) is 1. The quantitative estimate of drug-likeness (QED) is 0.270. The van der Waals surface area contributed by atoms with Crippen molar-refractivity contribution in [2.45, 2.75) is 20.0 Å². The van der Waals surface area contributed by atoms with Crippen LogP contribution in [-0.2, 0) is 4.79 Å². The molecule has 7 heteroatoms. The third-order valence-corrected chi connectivity index (χ3v) is 3.26. The Morgan fingerprint density at radius 2 is 2.04 bits per heavy atom. The molecule has 0 aromatic heterocycles. The van der Waals surface area contributed by atoms with Crippen molar-refractivity contribution in [1.29, 1.82) is 0 Å². The molecule has 0 aliphatic rings. The number of likely N-dealkylation sites (N-methyl/N-ethyl adjacent to an activating group) is 1. The van der Waals surface area contributed by atoms with Gasteiger partial charge in [-0.15, -0.1) is 30.6 Å². The number of rotatable bonds is 8. The zero-order valence-electron chi connectivity index (χ0n) is 15.4. The van der Waals surface area contributed by atoms with Crippen LogP contribution in [-0.4, -0.2) is 56.6 Å². The average Bonchev–Trinajstić information content (AvgIpc) is 2.55. The van der Waals surface area contributed by atoms with Crippen molar-refractivity contribution in [2.24, 2.45) is 4.99 Å². The lowest BCUT2D eigenvalue weighted by Crippen LogP contribution is -2.42. The van der Waals surface area contributed by atoms with Crippen LogP contribution < -0.4 is 15.4 Å². The van der Waals surface area contributed by atoms with Gasteiger partial charge in [-0.1, -0.05) is 24.3 Å². The minimum atomic E-state index is -0.0566. The Kier molecular flexibility index (Phi) is 11.7. The molecule has 0 bridgehead atoms. The van der Waals surface area contributed by atoms with E-state index in [-0.39, 0.29) is 42.5 Å². The number of hydrogen-bond donors (Lipinski definition) is 2. The number of carbonyl (C=O) groups is 1. The van der Waals surface area contributed by atoms with Crippen molar-refractivity contribution in [2.75, 3.05) is 33.7 Å². The number of nitrogens with zero attached hydrogens (tertiary/aromatic N) is 2. The van der Waals surface area contributed by atoms with Crippen molar-refractivity contribution in [1.82, 2.24) is 15.5 Å². The van der Waals surface area contributed by atoms with Gasteiger partial charge < -0.3 is 20.3 Å². The lowest BCUT2D eigenvalue weighted by atomic mass is 10.2. The number of hydrogen-bond acceptors (Lipinski definition) is 3. The van der Waals surface area contributed by atoms with E-state index >= 15 is 0 Å². The summed E-state index contributed by atoms with van der Waals surface area (Å²) in [6, 6.07) is 7.90. The van der Waals surface area contributed by atoms with Crippen LogP contribution in [0.25, 0.3) is 0 Å². The third kappa shape index (κ3) is 9.33. The summed E-state index contributed by atoms with van der Waals surface area (Å²) in [6.45, 7) is 8.89. The van der Waals surface area contributed by atoms with Crippen molar-refractivity contribution >= 4 is 35.8 Å². The highest BCUT2D eigenvalue weighted by Crippen LogP contribution is 2.17. The molecule has 1 aromatic rings. The summed E-state index contributed by atoms with van der Waals surface area (Å²) in [5.74, 6) is 1.37. The number of aliphatic imine (C=N–C) groups is 1. The fourth-order valence-corrected chi connectivity index (χ4v) is 1.82. The van der Waals surface area contributed by atoms with Gasteiger partial charge in [0, 0.05) is 20.6 Å². The molecule has 140 valence electrons. The second kappa shape index (κ2) is 12.6. The zero-order valence-corrected chi connectivity index (χ0v) is 17.7.